The second kappa shape index (κ2) is 7.79. The molecule has 0 radical (unpaired) electrons. The Kier molecular flexibility index (Phi) is 6.01. The molecule has 1 aliphatic heterocycles. The molecule has 0 bridgehead atoms. The molecule has 1 fully saturated rings. The monoisotopic (exact) mass is 330 g/mol. The van der Waals surface area contributed by atoms with Crippen LogP contribution in [-0.2, 0) is 6.42 Å². The van der Waals surface area contributed by atoms with Crippen molar-refractivity contribution in [1.82, 2.24) is 9.80 Å². The second-order valence-electron chi connectivity index (χ2n) is 5.67. The topological polar surface area (TPSA) is 43.8 Å². The normalized spacial score (nSPS) is 16.6. The third-order valence-electron chi connectivity index (χ3n) is 3.97. The lowest BCUT2D eigenvalue weighted by Gasteiger charge is -2.34. The van der Waals surface area contributed by atoms with Crippen LogP contribution < -0.4 is 0 Å². The van der Waals surface area contributed by atoms with Gasteiger partial charge in [0.1, 0.15) is 0 Å². The molecule has 2 rings (SSSR count). The third-order valence-corrected chi connectivity index (χ3v) is 3.97. The highest BCUT2D eigenvalue weighted by molar-refractivity contribution is 5.94. The van der Waals surface area contributed by atoms with E-state index in [-0.39, 0.29) is 18.9 Å². The average molecular weight is 330 g/mol. The fourth-order valence-electron chi connectivity index (χ4n) is 2.60. The Bertz CT molecular complexity index is 509. The van der Waals surface area contributed by atoms with Crippen LogP contribution in [0.15, 0.2) is 24.3 Å². The van der Waals surface area contributed by atoms with Gasteiger partial charge in [-0.15, -0.1) is 0 Å². The van der Waals surface area contributed by atoms with E-state index in [1.807, 2.05) is 0 Å². The number of benzene rings is 1. The molecule has 0 aliphatic carbocycles. The molecule has 4 nitrogen and oxygen atoms in total. The summed E-state index contributed by atoms with van der Waals surface area (Å²) in [5.41, 5.74) is 1.07. The summed E-state index contributed by atoms with van der Waals surface area (Å²) in [5.74, 6) is -0.101. The molecule has 0 unspecified atom stereocenters. The maximum absolute atomic E-state index is 12.4. The van der Waals surface area contributed by atoms with Crippen LogP contribution in [0.5, 0.6) is 0 Å². The summed E-state index contributed by atoms with van der Waals surface area (Å²) in [6.45, 7) is 3.33. The van der Waals surface area contributed by atoms with Crippen LogP contribution in [0, 0.1) is 0 Å². The van der Waals surface area contributed by atoms with Crippen molar-refractivity contribution in [3.8, 4) is 0 Å². The number of carbonyl (C=O) groups is 1. The summed E-state index contributed by atoms with van der Waals surface area (Å²) in [6.07, 6.45) is -5.09. The maximum atomic E-state index is 12.4. The fourth-order valence-corrected chi connectivity index (χ4v) is 2.60. The first-order valence-corrected chi connectivity index (χ1v) is 7.67. The molecule has 0 saturated carbocycles. The first kappa shape index (κ1) is 17.7. The number of alkyl halides is 3. The van der Waals surface area contributed by atoms with Crippen LogP contribution in [0.2, 0.25) is 0 Å². The molecule has 1 saturated heterocycles. The van der Waals surface area contributed by atoms with Crippen LogP contribution in [0.25, 0.3) is 0 Å². The highest BCUT2D eigenvalue weighted by Crippen LogP contribution is 2.22. The average Bonchev–Trinajstić information content (AvgIpc) is 2.53. The van der Waals surface area contributed by atoms with Crippen molar-refractivity contribution >= 4 is 5.91 Å². The summed E-state index contributed by atoms with van der Waals surface area (Å²) >= 11 is 0. The molecule has 0 atom stereocenters. The number of piperazine rings is 1. The lowest BCUT2D eigenvalue weighted by molar-refractivity contribution is -0.134. The number of rotatable bonds is 5. The van der Waals surface area contributed by atoms with Gasteiger partial charge in [-0.2, -0.15) is 13.2 Å². The molecule has 1 aromatic carbocycles. The van der Waals surface area contributed by atoms with Gasteiger partial charge in [0.25, 0.3) is 5.91 Å². The fraction of sp³-hybridized carbons (Fsp3) is 0.562. The molecule has 1 aromatic rings. The maximum Gasteiger partial charge on any atom is 0.389 e. The predicted octanol–water partition coefficient (Wildman–Crippen LogP) is 1.93. The van der Waals surface area contributed by atoms with E-state index in [2.05, 4.69) is 4.90 Å². The number of carbonyl (C=O) groups excluding carboxylic acids is 1. The molecule has 128 valence electrons. The zero-order valence-corrected chi connectivity index (χ0v) is 12.9. The van der Waals surface area contributed by atoms with Gasteiger partial charge in [0.05, 0.1) is 6.61 Å². The van der Waals surface area contributed by atoms with Crippen LogP contribution >= 0.6 is 0 Å². The standard InChI is InChI=1S/C16H21F3N2O2/c17-16(18,19)6-5-13-1-3-14(4-2-13)15(23)21-9-7-20(8-10-21)11-12-22/h1-4,22H,5-12H2. The predicted molar refractivity (Wildman–Crippen MR) is 80.2 cm³/mol. The van der Waals surface area contributed by atoms with E-state index in [1.165, 1.54) is 0 Å². The van der Waals surface area contributed by atoms with E-state index in [4.69, 9.17) is 5.11 Å². The van der Waals surface area contributed by atoms with Crippen LogP contribution in [0.3, 0.4) is 0 Å². The summed E-state index contributed by atoms with van der Waals surface area (Å²) in [4.78, 5) is 16.2. The summed E-state index contributed by atoms with van der Waals surface area (Å²) < 4.78 is 36.6. The summed E-state index contributed by atoms with van der Waals surface area (Å²) in [7, 11) is 0. The number of amides is 1. The van der Waals surface area contributed by atoms with E-state index in [1.54, 1.807) is 29.2 Å². The molecule has 1 aliphatic rings. The molecular weight excluding hydrogens is 309 g/mol. The van der Waals surface area contributed by atoms with Gasteiger partial charge in [0, 0.05) is 44.7 Å². The Morgan fingerprint density at radius 3 is 2.22 bits per heavy atom. The van der Waals surface area contributed by atoms with Gasteiger partial charge in [-0.3, -0.25) is 9.69 Å². The number of halogens is 3. The van der Waals surface area contributed by atoms with Gasteiger partial charge in [-0.1, -0.05) is 12.1 Å². The second-order valence-corrected chi connectivity index (χ2v) is 5.67. The van der Waals surface area contributed by atoms with E-state index < -0.39 is 12.6 Å². The van der Waals surface area contributed by atoms with Crippen molar-refractivity contribution in [2.45, 2.75) is 19.0 Å². The Morgan fingerprint density at radius 1 is 1.09 bits per heavy atom. The van der Waals surface area contributed by atoms with Gasteiger partial charge in [-0.25, -0.2) is 0 Å². The minimum absolute atomic E-state index is 0.0716. The van der Waals surface area contributed by atoms with Gasteiger partial charge in [0.15, 0.2) is 0 Å². The number of aliphatic hydroxyl groups is 1. The zero-order valence-electron chi connectivity index (χ0n) is 12.9. The van der Waals surface area contributed by atoms with Crippen molar-refractivity contribution in [3.63, 3.8) is 0 Å². The van der Waals surface area contributed by atoms with Gasteiger partial charge < -0.3 is 10.0 Å². The molecule has 23 heavy (non-hydrogen) atoms. The smallest absolute Gasteiger partial charge is 0.389 e. The first-order chi connectivity index (χ1) is 10.9. The molecule has 1 N–H and O–H groups in total. The molecule has 7 heteroatoms. The highest BCUT2D eigenvalue weighted by atomic mass is 19.4. The molecule has 0 aromatic heterocycles. The highest BCUT2D eigenvalue weighted by Gasteiger charge is 2.26. The number of aliphatic hydroxyl groups excluding tert-OH is 1. The Hall–Kier alpha value is -1.60. The summed E-state index contributed by atoms with van der Waals surface area (Å²) in [6, 6.07) is 6.35. The van der Waals surface area contributed by atoms with E-state index in [0.717, 1.165) is 13.1 Å². The zero-order chi connectivity index (χ0) is 16.9. The number of aryl methyl sites for hydroxylation is 1. The molecular formula is C16H21F3N2O2. The van der Waals surface area contributed by atoms with Crippen LogP contribution in [-0.4, -0.2) is 66.3 Å². The number of hydrogen-bond donors (Lipinski definition) is 1. The van der Waals surface area contributed by atoms with Gasteiger partial charge >= 0.3 is 6.18 Å². The molecule has 1 heterocycles. The summed E-state index contributed by atoms with van der Waals surface area (Å²) in [5, 5.41) is 8.90. The third kappa shape index (κ3) is 5.51. The van der Waals surface area contributed by atoms with Crippen LogP contribution in [0.4, 0.5) is 13.2 Å². The minimum atomic E-state index is -4.16. The number of hydrogen-bond acceptors (Lipinski definition) is 3. The lowest BCUT2D eigenvalue weighted by atomic mass is 10.1. The first-order valence-electron chi connectivity index (χ1n) is 7.67. The van der Waals surface area contributed by atoms with Crippen molar-refractivity contribution in [1.29, 1.82) is 0 Å². The van der Waals surface area contributed by atoms with Crippen molar-refractivity contribution in [3.05, 3.63) is 35.4 Å². The van der Waals surface area contributed by atoms with E-state index in [9.17, 15) is 18.0 Å². The Balaban J connectivity index is 1.88. The van der Waals surface area contributed by atoms with Crippen molar-refractivity contribution in [2.24, 2.45) is 0 Å². The van der Waals surface area contributed by atoms with E-state index >= 15 is 0 Å². The largest absolute Gasteiger partial charge is 0.395 e. The lowest BCUT2D eigenvalue weighted by Crippen LogP contribution is -2.49. The molecule has 1 amide bonds. The van der Waals surface area contributed by atoms with Crippen molar-refractivity contribution in [2.75, 3.05) is 39.3 Å². The number of nitrogens with zero attached hydrogens (tertiary/aromatic N) is 2. The quantitative estimate of drug-likeness (QED) is 0.897. The number of β-amino-alcohol motifs (C(OH)–C–C–N with tert-alkyl or cyclic N) is 1. The van der Waals surface area contributed by atoms with E-state index in [0.29, 0.717) is 30.8 Å². The Morgan fingerprint density at radius 2 is 1.70 bits per heavy atom. The van der Waals surface area contributed by atoms with Gasteiger partial charge in [-0.05, 0) is 24.1 Å². The van der Waals surface area contributed by atoms with Gasteiger partial charge in [0.2, 0.25) is 0 Å². The minimum Gasteiger partial charge on any atom is -0.395 e. The molecule has 0 spiro atoms. The van der Waals surface area contributed by atoms with Crippen LogP contribution in [0.1, 0.15) is 22.3 Å². The SMILES string of the molecule is O=C(c1ccc(CCC(F)(F)F)cc1)N1CCN(CCO)CC1. The Labute approximate surface area is 133 Å². The van der Waals surface area contributed by atoms with Crippen molar-refractivity contribution < 1.29 is 23.1 Å².